The topological polar surface area (TPSA) is 69.6 Å². The monoisotopic (exact) mass is 341 g/mol. The van der Waals surface area contributed by atoms with E-state index in [2.05, 4.69) is 15.6 Å². The molecule has 1 saturated heterocycles. The van der Waals surface area contributed by atoms with Gasteiger partial charge in [-0.3, -0.25) is 9.79 Å². The standard InChI is InChI=1S/C19H27N5O/c1-2-16(25)24-12-6-10-19(13-24)18(21-14-7-3-4-8-14)22-17-15(23-19)9-5-11-20-17/h5,9,11,14,23H,2-4,6-8,10,12-13H2,1H3,(H,20,21,22). The van der Waals surface area contributed by atoms with Gasteiger partial charge in [-0.2, -0.15) is 0 Å². The van der Waals surface area contributed by atoms with Crippen molar-refractivity contribution in [3.05, 3.63) is 18.3 Å². The number of aliphatic imine (C=N–C) groups is 1. The van der Waals surface area contributed by atoms with Crippen LogP contribution in [0.25, 0.3) is 0 Å². The normalized spacial score (nSPS) is 27.9. The molecule has 2 aliphatic heterocycles. The second kappa shape index (κ2) is 6.65. The van der Waals surface area contributed by atoms with Gasteiger partial charge in [0, 0.05) is 19.2 Å². The molecule has 1 amide bonds. The van der Waals surface area contributed by atoms with Gasteiger partial charge in [0.1, 0.15) is 11.4 Å². The summed E-state index contributed by atoms with van der Waals surface area (Å²) in [5.41, 5.74) is 0.681. The maximum Gasteiger partial charge on any atom is 0.222 e. The van der Waals surface area contributed by atoms with Crippen LogP contribution >= 0.6 is 0 Å². The first kappa shape index (κ1) is 16.4. The molecule has 0 bridgehead atoms. The Bertz CT molecular complexity index is 682. The van der Waals surface area contributed by atoms with Gasteiger partial charge >= 0.3 is 0 Å². The van der Waals surface area contributed by atoms with Crippen molar-refractivity contribution in [2.24, 2.45) is 4.99 Å². The third-order valence-electron chi connectivity index (χ3n) is 5.66. The molecule has 3 heterocycles. The number of carbonyl (C=O) groups is 1. The highest BCUT2D eigenvalue weighted by molar-refractivity contribution is 6.09. The van der Waals surface area contributed by atoms with E-state index >= 15 is 0 Å². The number of amides is 1. The van der Waals surface area contributed by atoms with Gasteiger partial charge in [0.05, 0.1) is 18.3 Å². The van der Waals surface area contributed by atoms with E-state index in [0.29, 0.717) is 19.0 Å². The minimum Gasteiger partial charge on any atom is -0.368 e. The van der Waals surface area contributed by atoms with Gasteiger partial charge in [-0.15, -0.1) is 0 Å². The van der Waals surface area contributed by atoms with E-state index in [1.807, 2.05) is 24.0 Å². The number of fused-ring (bicyclic) bond motifs is 1. The quantitative estimate of drug-likeness (QED) is 0.867. The predicted octanol–water partition coefficient (Wildman–Crippen LogP) is 3.03. The number of rotatable bonds is 2. The molecule has 1 aliphatic carbocycles. The summed E-state index contributed by atoms with van der Waals surface area (Å²) >= 11 is 0. The highest BCUT2D eigenvalue weighted by Crippen LogP contribution is 2.36. The molecule has 134 valence electrons. The first-order valence-corrected chi connectivity index (χ1v) is 9.56. The molecule has 0 radical (unpaired) electrons. The number of piperidine rings is 1. The van der Waals surface area contributed by atoms with E-state index < -0.39 is 0 Å². The lowest BCUT2D eigenvalue weighted by atomic mass is 9.85. The summed E-state index contributed by atoms with van der Waals surface area (Å²) in [6.45, 7) is 3.45. The molecular weight excluding hydrogens is 314 g/mol. The van der Waals surface area contributed by atoms with Gasteiger partial charge in [-0.05, 0) is 37.8 Å². The largest absolute Gasteiger partial charge is 0.368 e. The zero-order valence-electron chi connectivity index (χ0n) is 14.9. The highest BCUT2D eigenvalue weighted by atomic mass is 16.2. The van der Waals surface area contributed by atoms with Crippen LogP contribution in [0.2, 0.25) is 0 Å². The molecule has 2 fully saturated rings. The molecule has 1 aromatic heterocycles. The second-order valence-corrected chi connectivity index (χ2v) is 7.42. The van der Waals surface area contributed by atoms with E-state index in [-0.39, 0.29) is 11.4 Å². The first-order valence-electron chi connectivity index (χ1n) is 9.56. The van der Waals surface area contributed by atoms with Crippen molar-refractivity contribution in [1.29, 1.82) is 0 Å². The summed E-state index contributed by atoms with van der Waals surface area (Å²) in [7, 11) is 0. The number of anilines is 2. The molecule has 0 aromatic carbocycles. The van der Waals surface area contributed by atoms with Crippen molar-refractivity contribution >= 4 is 23.2 Å². The molecular formula is C19H27N5O. The number of hydrogen-bond acceptors (Lipinski definition) is 4. The molecule has 6 heteroatoms. The van der Waals surface area contributed by atoms with Crippen molar-refractivity contribution < 1.29 is 4.79 Å². The Labute approximate surface area is 149 Å². The number of likely N-dealkylation sites (tertiary alicyclic amines) is 1. The summed E-state index contributed by atoms with van der Waals surface area (Å²) in [5, 5.41) is 7.20. The number of nitrogens with one attached hydrogen (secondary N) is 2. The van der Waals surface area contributed by atoms with E-state index in [1.165, 1.54) is 12.8 Å². The molecule has 2 N–H and O–H groups in total. The summed E-state index contributed by atoms with van der Waals surface area (Å²) in [5.74, 6) is 2.03. The smallest absolute Gasteiger partial charge is 0.222 e. The van der Waals surface area contributed by atoms with E-state index in [4.69, 9.17) is 4.99 Å². The molecule has 4 rings (SSSR count). The third kappa shape index (κ3) is 3.10. The summed E-state index contributed by atoms with van der Waals surface area (Å²) in [6, 6.07) is 4.38. The Hall–Kier alpha value is -2.11. The van der Waals surface area contributed by atoms with Gasteiger partial charge in [0.15, 0.2) is 5.82 Å². The Kier molecular flexibility index (Phi) is 4.36. The van der Waals surface area contributed by atoms with E-state index in [0.717, 1.165) is 49.6 Å². The molecule has 3 aliphatic rings. The lowest BCUT2D eigenvalue weighted by Crippen LogP contribution is -2.62. The lowest BCUT2D eigenvalue weighted by molar-refractivity contribution is -0.132. The molecule has 1 saturated carbocycles. The average Bonchev–Trinajstić information content (AvgIpc) is 3.15. The summed E-state index contributed by atoms with van der Waals surface area (Å²) in [4.78, 5) is 23.9. The van der Waals surface area contributed by atoms with Crippen molar-refractivity contribution in [1.82, 2.24) is 9.88 Å². The van der Waals surface area contributed by atoms with E-state index in [9.17, 15) is 4.79 Å². The first-order chi connectivity index (χ1) is 12.2. The Morgan fingerprint density at radius 1 is 1.40 bits per heavy atom. The van der Waals surface area contributed by atoms with Gasteiger partial charge in [-0.1, -0.05) is 19.8 Å². The fourth-order valence-electron chi connectivity index (χ4n) is 4.31. The van der Waals surface area contributed by atoms with E-state index in [1.54, 1.807) is 6.20 Å². The number of carbonyl (C=O) groups excluding carboxylic acids is 1. The molecule has 1 unspecified atom stereocenters. The molecule has 1 atom stereocenters. The Morgan fingerprint density at radius 3 is 3.04 bits per heavy atom. The Morgan fingerprint density at radius 2 is 2.24 bits per heavy atom. The van der Waals surface area contributed by atoms with Crippen molar-refractivity contribution in [3.8, 4) is 0 Å². The number of amidine groups is 1. The zero-order valence-corrected chi connectivity index (χ0v) is 14.9. The van der Waals surface area contributed by atoms with Crippen LogP contribution in [0.15, 0.2) is 23.3 Å². The predicted molar refractivity (Wildman–Crippen MR) is 100 cm³/mol. The van der Waals surface area contributed by atoms with Crippen molar-refractivity contribution in [3.63, 3.8) is 0 Å². The molecule has 1 spiro atoms. The fraction of sp³-hybridized carbons (Fsp3) is 0.632. The van der Waals surface area contributed by atoms with Crippen LogP contribution in [0.3, 0.4) is 0 Å². The van der Waals surface area contributed by atoms with Gasteiger partial charge in [0.2, 0.25) is 5.91 Å². The number of aromatic nitrogens is 1. The van der Waals surface area contributed by atoms with Gasteiger partial charge in [-0.25, -0.2) is 4.98 Å². The summed E-state index contributed by atoms with van der Waals surface area (Å²) < 4.78 is 0. The van der Waals surface area contributed by atoms with Crippen molar-refractivity contribution in [2.45, 2.75) is 63.5 Å². The number of nitrogens with zero attached hydrogens (tertiary/aromatic N) is 3. The van der Waals surface area contributed by atoms with Crippen LogP contribution in [0.1, 0.15) is 51.9 Å². The SMILES string of the molecule is CCC(=O)N1CCCC2(C1)Nc1cccnc1NC2=NC1CCCC1. The minimum atomic E-state index is -0.318. The highest BCUT2D eigenvalue weighted by Gasteiger charge is 2.45. The second-order valence-electron chi connectivity index (χ2n) is 7.42. The minimum absolute atomic E-state index is 0.220. The van der Waals surface area contributed by atoms with Crippen LogP contribution in [0.4, 0.5) is 11.5 Å². The zero-order chi connectivity index (χ0) is 17.3. The average molecular weight is 341 g/mol. The van der Waals surface area contributed by atoms with Gasteiger partial charge in [0.25, 0.3) is 0 Å². The van der Waals surface area contributed by atoms with Crippen LogP contribution in [-0.4, -0.2) is 46.3 Å². The third-order valence-corrected chi connectivity index (χ3v) is 5.66. The molecule has 6 nitrogen and oxygen atoms in total. The lowest BCUT2D eigenvalue weighted by Gasteiger charge is -2.47. The molecule has 1 aromatic rings. The van der Waals surface area contributed by atoms with Crippen LogP contribution in [0.5, 0.6) is 0 Å². The Balaban J connectivity index is 1.70. The van der Waals surface area contributed by atoms with Crippen LogP contribution in [-0.2, 0) is 4.79 Å². The number of pyridine rings is 1. The maximum absolute atomic E-state index is 12.3. The van der Waals surface area contributed by atoms with Crippen molar-refractivity contribution in [2.75, 3.05) is 23.7 Å². The van der Waals surface area contributed by atoms with Crippen LogP contribution < -0.4 is 10.6 Å². The fourth-order valence-corrected chi connectivity index (χ4v) is 4.31. The van der Waals surface area contributed by atoms with Crippen LogP contribution in [0, 0.1) is 0 Å². The van der Waals surface area contributed by atoms with Gasteiger partial charge < -0.3 is 15.5 Å². The maximum atomic E-state index is 12.3. The molecule has 25 heavy (non-hydrogen) atoms. The summed E-state index contributed by atoms with van der Waals surface area (Å²) in [6.07, 6.45) is 9.16. The number of hydrogen-bond donors (Lipinski definition) is 2.